The van der Waals surface area contributed by atoms with Crippen LogP contribution in [0.4, 0.5) is 25.4 Å². The largest absolute Gasteiger partial charge is 0.442 e. The van der Waals surface area contributed by atoms with E-state index in [0.29, 0.717) is 37.7 Å². The molecule has 12 heteroatoms. The maximum absolute atomic E-state index is 15.0. The van der Waals surface area contributed by atoms with E-state index < -0.39 is 18.0 Å². The van der Waals surface area contributed by atoms with Crippen molar-refractivity contribution in [1.29, 1.82) is 0 Å². The first-order valence-electron chi connectivity index (χ1n) is 11.5. The molecule has 11 nitrogen and oxygen atoms in total. The van der Waals surface area contributed by atoms with Gasteiger partial charge in [-0.25, -0.2) is 19.0 Å². The van der Waals surface area contributed by atoms with E-state index in [0.717, 1.165) is 12.8 Å². The molecule has 1 aromatic rings. The van der Waals surface area contributed by atoms with Crippen molar-refractivity contribution in [3.63, 3.8) is 0 Å². The summed E-state index contributed by atoms with van der Waals surface area (Å²) in [5.41, 5.74) is 0.738. The Hall–Kier alpha value is -3.12. The van der Waals surface area contributed by atoms with Gasteiger partial charge in [0.25, 0.3) is 0 Å². The van der Waals surface area contributed by atoms with Crippen LogP contribution in [0.5, 0.6) is 0 Å². The third-order valence-corrected chi connectivity index (χ3v) is 5.99. The molecule has 1 aromatic carbocycles. The highest BCUT2D eigenvalue weighted by atomic mass is 19.1. The number of halogens is 1. The van der Waals surface area contributed by atoms with Crippen LogP contribution in [-0.2, 0) is 19.1 Å². The lowest BCUT2D eigenvalue weighted by atomic mass is 10.1. The summed E-state index contributed by atoms with van der Waals surface area (Å²) < 4.78 is 25.6. The SMILES string of the molecule is CC(=O)NC[C@H]1CN(c2ccc(N3CCON(C(=O)NC4CCOCC4)CC3)c(F)c2)C(=O)O1. The molecule has 34 heavy (non-hydrogen) atoms. The van der Waals surface area contributed by atoms with Gasteiger partial charge in [-0.2, -0.15) is 0 Å². The molecule has 0 bridgehead atoms. The highest BCUT2D eigenvalue weighted by Gasteiger charge is 2.33. The van der Waals surface area contributed by atoms with E-state index in [1.165, 1.54) is 23.0 Å². The molecule has 4 rings (SSSR count). The van der Waals surface area contributed by atoms with Crippen molar-refractivity contribution in [2.75, 3.05) is 62.3 Å². The fourth-order valence-electron chi connectivity index (χ4n) is 4.16. The number of nitrogens with one attached hydrogen (secondary N) is 2. The number of carbonyl (C=O) groups excluding carboxylic acids is 3. The van der Waals surface area contributed by atoms with Crippen LogP contribution < -0.4 is 20.4 Å². The number of amides is 4. The van der Waals surface area contributed by atoms with Crippen LogP contribution in [0.25, 0.3) is 0 Å². The lowest BCUT2D eigenvalue weighted by Crippen LogP contribution is -2.47. The van der Waals surface area contributed by atoms with Gasteiger partial charge in [-0.05, 0) is 31.0 Å². The summed E-state index contributed by atoms with van der Waals surface area (Å²) in [6.45, 7) is 4.35. The minimum absolute atomic E-state index is 0.0595. The fourth-order valence-corrected chi connectivity index (χ4v) is 4.16. The summed E-state index contributed by atoms with van der Waals surface area (Å²) in [4.78, 5) is 44.6. The maximum atomic E-state index is 15.0. The lowest BCUT2D eigenvalue weighted by Gasteiger charge is -2.27. The summed E-state index contributed by atoms with van der Waals surface area (Å²) in [6, 6.07) is 4.31. The molecular weight excluding hydrogens is 449 g/mol. The van der Waals surface area contributed by atoms with E-state index in [1.54, 1.807) is 12.1 Å². The van der Waals surface area contributed by atoms with Gasteiger partial charge in [0.15, 0.2) is 0 Å². The summed E-state index contributed by atoms with van der Waals surface area (Å²) >= 11 is 0. The second-order valence-corrected chi connectivity index (χ2v) is 8.45. The number of cyclic esters (lactones) is 1. The standard InChI is InChI=1S/C22H30FN5O6/c1-15(29)24-13-18-14-27(22(31)34-18)17-2-3-20(19(23)12-17)26-6-7-28(33-11-8-26)21(30)25-16-4-9-32-10-5-16/h2-3,12,16,18H,4-11,13-14H2,1H3,(H,24,29)(H,25,30)/t18-/m0/s1. The van der Waals surface area contributed by atoms with Gasteiger partial charge in [-0.1, -0.05) is 0 Å². The minimum Gasteiger partial charge on any atom is -0.442 e. The van der Waals surface area contributed by atoms with Crippen LogP contribution in [0.1, 0.15) is 19.8 Å². The average Bonchev–Trinajstić information content (AvgIpc) is 3.02. The number of hydroxylamine groups is 2. The molecule has 4 amide bonds. The Kier molecular flexibility index (Phi) is 7.68. The van der Waals surface area contributed by atoms with E-state index in [9.17, 15) is 14.4 Å². The molecule has 0 spiro atoms. The molecule has 3 aliphatic rings. The second kappa shape index (κ2) is 10.9. The van der Waals surface area contributed by atoms with Crippen molar-refractivity contribution in [3.8, 4) is 0 Å². The van der Waals surface area contributed by atoms with Gasteiger partial charge in [0.1, 0.15) is 11.9 Å². The zero-order chi connectivity index (χ0) is 24.1. The highest BCUT2D eigenvalue weighted by molar-refractivity contribution is 5.90. The Bertz CT molecular complexity index is 912. The molecule has 2 N–H and O–H groups in total. The number of carbonyl (C=O) groups is 3. The van der Waals surface area contributed by atoms with E-state index >= 15 is 4.39 Å². The molecule has 1 atom stereocenters. The van der Waals surface area contributed by atoms with Crippen molar-refractivity contribution in [1.82, 2.24) is 15.7 Å². The average molecular weight is 480 g/mol. The summed E-state index contributed by atoms with van der Waals surface area (Å²) in [7, 11) is 0. The third kappa shape index (κ3) is 5.86. The Labute approximate surface area is 197 Å². The second-order valence-electron chi connectivity index (χ2n) is 8.45. The smallest absolute Gasteiger partial charge is 0.414 e. The topological polar surface area (TPSA) is 113 Å². The van der Waals surface area contributed by atoms with Gasteiger partial charge in [0.05, 0.1) is 37.6 Å². The molecule has 0 radical (unpaired) electrons. The van der Waals surface area contributed by atoms with Crippen LogP contribution in [0.15, 0.2) is 18.2 Å². The lowest BCUT2D eigenvalue weighted by molar-refractivity contribution is -0.119. The van der Waals surface area contributed by atoms with Crippen LogP contribution in [0, 0.1) is 5.82 Å². The van der Waals surface area contributed by atoms with E-state index in [2.05, 4.69) is 10.6 Å². The first-order chi connectivity index (χ1) is 16.4. The van der Waals surface area contributed by atoms with E-state index in [4.69, 9.17) is 14.3 Å². The molecule has 3 aliphatic heterocycles. The fraction of sp³-hybridized carbons (Fsp3) is 0.591. The quantitative estimate of drug-likeness (QED) is 0.653. The zero-order valence-electron chi connectivity index (χ0n) is 19.1. The van der Waals surface area contributed by atoms with E-state index in [1.807, 2.05) is 4.90 Å². The third-order valence-electron chi connectivity index (χ3n) is 5.99. The maximum Gasteiger partial charge on any atom is 0.414 e. The molecule has 3 heterocycles. The van der Waals surface area contributed by atoms with Crippen LogP contribution >= 0.6 is 0 Å². The zero-order valence-corrected chi connectivity index (χ0v) is 19.1. The van der Waals surface area contributed by atoms with Crippen LogP contribution in [-0.4, -0.2) is 87.8 Å². The van der Waals surface area contributed by atoms with Crippen LogP contribution in [0.3, 0.4) is 0 Å². The minimum atomic E-state index is -0.586. The molecule has 0 saturated carbocycles. The highest BCUT2D eigenvalue weighted by Crippen LogP contribution is 2.28. The van der Waals surface area contributed by atoms with Crippen molar-refractivity contribution in [3.05, 3.63) is 24.0 Å². The summed E-state index contributed by atoms with van der Waals surface area (Å²) in [5.74, 6) is -0.707. The first kappa shape index (κ1) is 24.0. The number of urea groups is 1. The number of hydrogen-bond acceptors (Lipinski definition) is 7. The van der Waals surface area contributed by atoms with E-state index in [-0.39, 0.29) is 44.2 Å². The van der Waals surface area contributed by atoms with Gasteiger partial charge < -0.3 is 25.0 Å². The molecule has 3 saturated heterocycles. The Morgan fingerprint density at radius 2 is 1.94 bits per heavy atom. The first-order valence-corrected chi connectivity index (χ1v) is 11.5. The molecule has 0 aromatic heterocycles. The predicted octanol–water partition coefficient (Wildman–Crippen LogP) is 1.23. The number of ether oxygens (including phenoxy) is 2. The van der Waals surface area contributed by atoms with Gasteiger partial charge in [0.2, 0.25) is 5.91 Å². The van der Waals surface area contributed by atoms with Crippen molar-refractivity contribution >= 4 is 29.4 Å². The van der Waals surface area contributed by atoms with Crippen molar-refractivity contribution < 1.29 is 33.1 Å². The van der Waals surface area contributed by atoms with Gasteiger partial charge in [0, 0.05) is 39.3 Å². The predicted molar refractivity (Wildman–Crippen MR) is 120 cm³/mol. The van der Waals surface area contributed by atoms with Gasteiger partial charge >= 0.3 is 12.1 Å². The van der Waals surface area contributed by atoms with Crippen molar-refractivity contribution in [2.24, 2.45) is 0 Å². The number of anilines is 2. The van der Waals surface area contributed by atoms with Crippen LogP contribution in [0.2, 0.25) is 0 Å². The number of benzene rings is 1. The normalized spacial score (nSPS) is 21.8. The molecule has 0 aliphatic carbocycles. The molecule has 0 unspecified atom stereocenters. The van der Waals surface area contributed by atoms with Crippen molar-refractivity contribution in [2.45, 2.75) is 31.9 Å². The summed E-state index contributed by atoms with van der Waals surface area (Å²) in [6.07, 6.45) is 0.445. The molecular formula is C22H30FN5O6. The molecule has 3 fully saturated rings. The Balaban J connectivity index is 1.34. The Morgan fingerprint density at radius 3 is 2.68 bits per heavy atom. The number of hydrogen-bond donors (Lipinski definition) is 2. The molecule has 186 valence electrons. The monoisotopic (exact) mass is 479 g/mol. The number of rotatable bonds is 5. The summed E-state index contributed by atoms with van der Waals surface area (Å²) in [5, 5.41) is 6.86. The van der Waals surface area contributed by atoms with Gasteiger partial charge in [-0.3, -0.25) is 14.5 Å². The Morgan fingerprint density at radius 1 is 1.15 bits per heavy atom. The van der Waals surface area contributed by atoms with Gasteiger partial charge in [-0.15, -0.1) is 0 Å². The number of nitrogens with zero attached hydrogens (tertiary/aromatic N) is 3.